The molecule has 9 heteroatoms. The Kier molecular flexibility index (Phi) is 7.80. The van der Waals surface area contributed by atoms with Crippen molar-refractivity contribution in [2.75, 3.05) is 27.9 Å². The number of benzene rings is 1. The van der Waals surface area contributed by atoms with Crippen LogP contribution in [0.15, 0.2) is 17.0 Å². The van der Waals surface area contributed by atoms with Crippen molar-refractivity contribution in [1.29, 1.82) is 0 Å². The Labute approximate surface area is 131 Å². The SMILES string of the molecule is COc1cc(OC)c(S(=O)(=O)N[C@H](C)CN)c(OC)c1.Cl. The van der Waals surface area contributed by atoms with Gasteiger partial charge >= 0.3 is 0 Å². The first kappa shape index (κ1) is 19.8. The van der Waals surface area contributed by atoms with Crippen LogP contribution in [0.1, 0.15) is 6.92 Å². The molecular weight excluding hydrogens is 320 g/mol. The third-order valence-electron chi connectivity index (χ3n) is 2.65. The summed E-state index contributed by atoms with van der Waals surface area (Å²) in [4.78, 5) is -0.0800. The molecule has 7 nitrogen and oxygen atoms in total. The third-order valence-corrected chi connectivity index (χ3v) is 4.30. The molecule has 0 aliphatic carbocycles. The summed E-state index contributed by atoms with van der Waals surface area (Å²) < 4.78 is 42.6. The second-order valence-electron chi connectivity index (χ2n) is 4.12. The molecule has 0 heterocycles. The minimum Gasteiger partial charge on any atom is -0.496 e. The quantitative estimate of drug-likeness (QED) is 0.760. The monoisotopic (exact) mass is 340 g/mol. The summed E-state index contributed by atoms with van der Waals surface area (Å²) in [5, 5.41) is 0. The van der Waals surface area contributed by atoms with E-state index in [0.717, 1.165) is 0 Å². The number of halogens is 1. The molecule has 0 fully saturated rings. The minimum atomic E-state index is -3.82. The van der Waals surface area contributed by atoms with Crippen LogP contribution < -0.4 is 24.7 Å². The Morgan fingerprint density at radius 1 is 1.14 bits per heavy atom. The molecular formula is C12H21ClN2O5S. The fraction of sp³-hybridized carbons (Fsp3) is 0.500. The summed E-state index contributed by atoms with van der Waals surface area (Å²) in [6.07, 6.45) is 0. The molecule has 0 radical (unpaired) electrons. The van der Waals surface area contributed by atoms with Gasteiger partial charge in [0.25, 0.3) is 0 Å². The maximum absolute atomic E-state index is 12.4. The van der Waals surface area contributed by atoms with Crippen molar-refractivity contribution in [3.05, 3.63) is 12.1 Å². The van der Waals surface area contributed by atoms with E-state index < -0.39 is 16.1 Å². The maximum Gasteiger partial charge on any atom is 0.248 e. The summed E-state index contributed by atoms with van der Waals surface area (Å²) in [5.41, 5.74) is 5.43. The summed E-state index contributed by atoms with van der Waals surface area (Å²) in [7, 11) is 0.401. The predicted octanol–water partition coefficient (Wildman–Crippen LogP) is 0.760. The normalized spacial score (nSPS) is 12.2. The summed E-state index contributed by atoms with van der Waals surface area (Å²) in [6.45, 7) is 1.85. The van der Waals surface area contributed by atoms with E-state index in [-0.39, 0.29) is 35.3 Å². The molecule has 0 unspecified atom stereocenters. The molecule has 0 aliphatic heterocycles. The number of nitrogens with two attached hydrogens (primary N) is 1. The average molecular weight is 341 g/mol. The maximum atomic E-state index is 12.4. The second kappa shape index (κ2) is 8.28. The first-order valence-electron chi connectivity index (χ1n) is 5.92. The molecule has 21 heavy (non-hydrogen) atoms. The Morgan fingerprint density at radius 3 is 1.95 bits per heavy atom. The van der Waals surface area contributed by atoms with Crippen LogP contribution in [0.2, 0.25) is 0 Å². The summed E-state index contributed by atoms with van der Waals surface area (Å²) in [6, 6.07) is 2.55. The number of sulfonamides is 1. The number of rotatable bonds is 7. The summed E-state index contributed by atoms with van der Waals surface area (Å²) >= 11 is 0. The topological polar surface area (TPSA) is 99.9 Å². The highest BCUT2D eigenvalue weighted by molar-refractivity contribution is 7.89. The van der Waals surface area contributed by atoms with E-state index in [1.54, 1.807) is 6.92 Å². The van der Waals surface area contributed by atoms with Crippen molar-refractivity contribution < 1.29 is 22.6 Å². The van der Waals surface area contributed by atoms with E-state index in [1.807, 2.05) is 0 Å². The molecule has 3 N–H and O–H groups in total. The molecule has 0 aromatic heterocycles. The van der Waals surface area contributed by atoms with Crippen LogP contribution in [0.3, 0.4) is 0 Å². The molecule has 1 atom stereocenters. The van der Waals surface area contributed by atoms with E-state index >= 15 is 0 Å². The average Bonchev–Trinajstić information content (AvgIpc) is 2.44. The molecule has 1 aromatic rings. The molecule has 0 saturated heterocycles. The Hall–Kier alpha value is -1.22. The van der Waals surface area contributed by atoms with Gasteiger partial charge in [0.05, 0.1) is 21.3 Å². The van der Waals surface area contributed by atoms with Gasteiger partial charge < -0.3 is 19.9 Å². The van der Waals surface area contributed by atoms with Gasteiger partial charge in [0.2, 0.25) is 10.0 Å². The Morgan fingerprint density at radius 2 is 1.62 bits per heavy atom. The zero-order valence-electron chi connectivity index (χ0n) is 12.4. The predicted molar refractivity (Wildman–Crippen MR) is 82.2 cm³/mol. The van der Waals surface area contributed by atoms with E-state index in [2.05, 4.69) is 4.72 Å². The van der Waals surface area contributed by atoms with Crippen LogP contribution in [-0.2, 0) is 10.0 Å². The third kappa shape index (κ3) is 4.63. The lowest BCUT2D eigenvalue weighted by Crippen LogP contribution is -2.38. The number of ether oxygens (including phenoxy) is 3. The molecule has 0 aliphatic rings. The fourth-order valence-electron chi connectivity index (χ4n) is 1.61. The number of methoxy groups -OCH3 is 3. The van der Waals surface area contributed by atoms with Gasteiger partial charge in [-0.05, 0) is 6.92 Å². The van der Waals surface area contributed by atoms with Crippen LogP contribution in [0.4, 0.5) is 0 Å². The fourth-order valence-corrected chi connectivity index (χ4v) is 3.17. The van der Waals surface area contributed by atoms with Crippen molar-refractivity contribution in [3.63, 3.8) is 0 Å². The van der Waals surface area contributed by atoms with Crippen molar-refractivity contribution in [2.24, 2.45) is 5.73 Å². The van der Waals surface area contributed by atoms with Gasteiger partial charge in [0.15, 0.2) is 4.90 Å². The number of hydrogen-bond acceptors (Lipinski definition) is 6. The second-order valence-corrected chi connectivity index (χ2v) is 5.77. The number of nitrogens with one attached hydrogen (secondary N) is 1. The smallest absolute Gasteiger partial charge is 0.248 e. The lowest BCUT2D eigenvalue weighted by Gasteiger charge is -2.17. The molecule has 122 valence electrons. The largest absolute Gasteiger partial charge is 0.496 e. The van der Waals surface area contributed by atoms with Gasteiger partial charge in [-0.2, -0.15) is 0 Å². The highest BCUT2D eigenvalue weighted by Gasteiger charge is 2.27. The van der Waals surface area contributed by atoms with Gasteiger partial charge in [-0.3, -0.25) is 0 Å². The highest BCUT2D eigenvalue weighted by Crippen LogP contribution is 2.37. The molecule has 0 amide bonds. The van der Waals surface area contributed by atoms with Crippen molar-refractivity contribution in [3.8, 4) is 17.2 Å². The summed E-state index contributed by atoms with van der Waals surface area (Å²) in [5.74, 6) is 0.709. The Bertz CT molecular complexity index is 540. The van der Waals surface area contributed by atoms with Crippen LogP contribution in [0.5, 0.6) is 17.2 Å². The van der Waals surface area contributed by atoms with Gasteiger partial charge in [-0.15, -0.1) is 12.4 Å². The van der Waals surface area contributed by atoms with Crippen LogP contribution in [-0.4, -0.2) is 42.3 Å². The van der Waals surface area contributed by atoms with Crippen molar-refractivity contribution in [1.82, 2.24) is 4.72 Å². The van der Waals surface area contributed by atoms with Crippen molar-refractivity contribution >= 4 is 22.4 Å². The zero-order valence-corrected chi connectivity index (χ0v) is 14.0. The Balaban J connectivity index is 0.00000400. The lowest BCUT2D eigenvalue weighted by atomic mass is 10.3. The van der Waals surface area contributed by atoms with Crippen molar-refractivity contribution in [2.45, 2.75) is 17.9 Å². The van der Waals surface area contributed by atoms with E-state index in [4.69, 9.17) is 19.9 Å². The van der Waals surface area contributed by atoms with Crippen LogP contribution >= 0.6 is 12.4 Å². The minimum absolute atomic E-state index is 0. The van der Waals surface area contributed by atoms with Gasteiger partial charge in [-0.1, -0.05) is 0 Å². The zero-order chi connectivity index (χ0) is 15.3. The standard InChI is InChI=1S/C12H20N2O5S.ClH/c1-8(7-13)14-20(15,16)12-10(18-3)5-9(17-2)6-11(12)19-4;/h5-6,8,14H,7,13H2,1-4H3;1H/t8-;/m1./s1. The van der Waals surface area contributed by atoms with E-state index in [9.17, 15) is 8.42 Å². The molecule has 0 bridgehead atoms. The molecule has 1 rings (SSSR count). The van der Waals surface area contributed by atoms with Gasteiger partial charge in [-0.25, -0.2) is 13.1 Å². The molecule has 0 saturated carbocycles. The molecule has 1 aromatic carbocycles. The highest BCUT2D eigenvalue weighted by atomic mass is 35.5. The first-order valence-corrected chi connectivity index (χ1v) is 7.40. The lowest BCUT2D eigenvalue weighted by molar-refractivity contribution is 0.358. The van der Waals surface area contributed by atoms with Gasteiger partial charge in [0, 0.05) is 24.7 Å². The van der Waals surface area contributed by atoms with Gasteiger partial charge in [0.1, 0.15) is 17.2 Å². The van der Waals surface area contributed by atoms with Crippen LogP contribution in [0, 0.1) is 0 Å². The first-order chi connectivity index (χ1) is 9.39. The van der Waals surface area contributed by atoms with Crippen LogP contribution in [0.25, 0.3) is 0 Å². The van der Waals surface area contributed by atoms with E-state index in [1.165, 1.54) is 33.5 Å². The molecule has 0 spiro atoms. The van der Waals surface area contributed by atoms with E-state index in [0.29, 0.717) is 5.75 Å². The number of hydrogen-bond donors (Lipinski definition) is 2.